The Labute approximate surface area is 648 Å². The van der Waals surface area contributed by atoms with Crippen LogP contribution in [0, 0.1) is 23.7 Å². The van der Waals surface area contributed by atoms with E-state index in [-0.39, 0.29) is 55.9 Å². The Balaban J connectivity index is -0.0000000325. The number of aromatic nitrogens is 1. The van der Waals surface area contributed by atoms with E-state index in [1.165, 1.54) is 82.5 Å². The van der Waals surface area contributed by atoms with E-state index in [9.17, 15) is 14.4 Å². The fraction of sp³-hybridized carbons (Fsp3) is 0.564. The largest absolute Gasteiger partial charge is 0.344 e. The number of likely N-dealkylation sites (N-methyl/N-ethyl adjacent to an activating group) is 1. The Kier molecular flexibility index (Phi) is 283. The molecule has 0 bridgehead atoms. The van der Waals surface area contributed by atoms with Crippen LogP contribution in [-0.4, -0.2) is 161 Å². The van der Waals surface area contributed by atoms with Gasteiger partial charge in [-0.1, -0.05) is 242 Å². The lowest BCUT2D eigenvalue weighted by Gasteiger charge is -2.31. The minimum atomic E-state index is -0.647. The van der Waals surface area contributed by atoms with Crippen molar-refractivity contribution >= 4 is 96.9 Å². The molecule has 1 aliphatic rings. The van der Waals surface area contributed by atoms with Crippen molar-refractivity contribution in [2.75, 3.05) is 48.3 Å². The summed E-state index contributed by atoms with van der Waals surface area (Å²) in [5, 5.41) is 4.88. The number of aryl methyl sites for hydroxylation is 3. The van der Waals surface area contributed by atoms with Gasteiger partial charge in [-0.2, -0.15) is 0 Å². The number of hydrogen-bond acceptors (Lipinski definition) is 24. The number of nitrogens with two attached hydrogens (primary N) is 4. The summed E-state index contributed by atoms with van der Waals surface area (Å²) in [4.78, 5) is 124. The molecule has 0 saturated carbocycles. The summed E-state index contributed by atoms with van der Waals surface area (Å²) < 4.78 is 0. The van der Waals surface area contributed by atoms with Crippen LogP contribution < -0.4 is 59.0 Å². The molecule has 0 spiro atoms. The predicted octanol–water partition coefficient (Wildman–Crippen LogP) is 14.9. The van der Waals surface area contributed by atoms with E-state index in [0.29, 0.717) is 6.42 Å². The van der Waals surface area contributed by atoms with Gasteiger partial charge in [0.2, 0.25) is 17.7 Å². The first-order valence-electron chi connectivity index (χ1n) is 32.8. The molecule has 27 heteroatoms. The van der Waals surface area contributed by atoms with E-state index in [2.05, 4.69) is 191 Å². The molecule has 1 fully saturated rings. The second-order valence-electron chi connectivity index (χ2n) is 19.2. The summed E-state index contributed by atoms with van der Waals surface area (Å²) in [6, 6.07) is 29.2. The highest BCUT2D eigenvalue weighted by Crippen LogP contribution is 2.12. The van der Waals surface area contributed by atoms with Crippen molar-refractivity contribution in [2.24, 2.45) is 46.6 Å². The summed E-state index contributed by atoms with van der Waals surface area (Å²) in [5.74, 6) is 3.00. The molecule has 24 N–H and O–H groups in total. The number of nitrogens with one attached hydrogen (secondary N) is 1. The Bertz CT molecular complexity index is 1840. The van der Waals surface area contributed by atoms with E-state index in [0.717, 1.165) is 80.8 Å². The number of rotatable bonds is 13. The molecule has 1 aliphatic heterocycles. The molecule has 4 aromatic rings. The van der Waals surface area contributed by atoms with Crippen molar-refractivity contribution in [3.05, 3.63) is 124 Å². The minimum Gasteiger partial charge on any atom is -0.344 e. The molecule has 0 unspecified atom stereocenters. The molecule has 3 amide bonds. The first-order valence-corrected chi connectivity index (χ1v) is 33.7. The van der Waals surface area contributed by atoms with Crippen molar-refractivity contribution in [3.8, 4) is 0 Å². The molecule has 26 nitrogen and oxygen atoms in total. The zero-order valence-corrected chi connectivity index (χ0v) is 71.3. The normalized spacial score (nSPS) is 8.59. The number of likely N-dealkylation sites (tertiary alicyclic amines) is 1. The van der Waals surface area contributed by atoms with Gasteiger partial charge in [-0.15, -0.1) is 11.3 Å². The topological polar surface area (TPSA) is 532 Å². The number of piperidine rings is 1. The maximum absolute atomic E-state index is 12.8. The Morgan fingerprint density at radius 2 is 0.686 bits per heavy atom. The van der Waals surface area contributed by atoms with Crippen LogP contribution in [0.25, 0.3) is 0 Å². The lowest BCUT2D eigenvalue weighted by molar-refractivity contribution is -0.140. The first kappa shape index (κ1) is 168. The van der Waals surface area contributed by atoms with Gasteiger partial charge in [0.1, 0.15) is 80.0 Å². The van der Waals surface area contributed by atoms with Crippen molar-refractivity contribution in [1.82, 2.24) is 50.9 Å². The van der Waals surface area contributed by atoms with Gasteiger partial charge in [-0.05, 0) is 114 Å². The molecule has 630 valence electrons. The molecular weight excluding hydrogens is 1360 g/mol. The number of thiazole rings is 1. The number of nitrogens with zero attached hydrogens (tertiary/aromatic N) is 3. The molecule has 5 rings (SSSR count). The van der Waals surface area contributed by atoms with Gasteiger partial charge < -0.3 is 117 Å². The second kappa shape index (κ2) is 177. The van der Waals surface area contributed by atoms with E-state index in [1.54, 1.807) is 25.3 Å². The summed E-state index contributed by atoms with van der Waals surface area (Å²) in [7, 11) is 7.62. The minimum absolute atomic E-state index is 0. The lowest BCUT2D eigenvalue weighted by atomic mass is 10.0. The third kappa shape index (κ3) is 159. The van der Waals surface area contributed by atoms with E-state index in [1.807, 2.05) is 135 Å². The summed E-state index contributed by atoms with van der Waals surface area (Å²) in [5.41, 5.74) is 24.8. The zero-order valence-electron chi connectivity index (χ0n) is 70.4. The van der Waals surface area contributed by atoms with Crippen LogP contribution in [0.4, 0.5) is 0 Å². The number of benzene rings is 3. The third-order valence-electron chi connectivity index (χ3n) is 11.5. The van der Waals surface area contributed by atoms with Crippen molar-refractivity contribution in [1.29, 1.82) is 0 Å². The predicted molar refractivity (Wildman–Crippen MR) is 459 cm³/mol. The van der Waals surface area contributed by atoms with Gasteiger partial charge >= 0.3 is 0 Å². The second-order valence-corrected chi connectivity index (χ2v) is 19.9. The maximum Gasteiger partial charge on any atom is 0.244 e. The summed E-state index contributed by atoms with van der Waals surface area (Å²) in [6.45, 7) is 61.7. The van der Waals surface area contributed by atoms with Crippen LogP contribution >= 0.6 is 11.3 Å². The standard InChI is InChI=1S/C20H29N3O3.2C8H10.C5H7NS.4C5H12.C2H6.4CH5N.10CH2O.CH4.5H3N/c1-15(20(26)23-12-8-5-9-13-23)21-19(25)18(22(3)16(2)24)14-17-10-6-4-7-11-17;2*1-2-8-6-4-3-5-7-8;1-2-5-3-7-4-6-5;4*1-4-5(2)3;15*1-2;;;;;;/h4,6-7,10-11,15,18H,5,8-9,12-14H2,1-3H3,(H,21,25);2*3-7H,2H2,1H3;3-4H,2H2,1H3;4*5H,4H2,1-3H3;1-2H3;4*2H2,1H3;10*1H2;1H4;5*1H3/t15-,18-;;;;;;;;;;;;;;;;;;;;;;;;;;;;/m0............................/s1. The fourth-order valence-electron chi connectivity index (χ4n) is 5.06. The van der Waals surface area contributed by atoms with Crippen LogP contribution in [0.2, 0.25) is 0 Å². The van der Waals surface area contributed by atoms with Gasteiger partial charge in [0.05, 0.1) is 11.2 Å². The Hall–Kier alpha value is -7.96. The molecule has 0 radical (unpaired) electrons. The van der Waals surface area contributed by atoms with Crippen LogP contribution in [0.15, 0.2) is 102 Å². The average Bonchev–Trinajstić information content (AvgIpc) is 1.73. The molecule has 105 heavy (non-hydrogen) atoms. The fourth-order valence-corrected chi connectivity index (χ4v) is 5.70. The highest BCUT2D eigenvalue weighted by atomic mass is 32.1. The summed E-state index contributed by atoms with van der Waals surface area (Å²) in [6.07, 6.45) is 12.1. The van der Waals surface area contributed by atoms with Gasteiger partial charge in [0, 0.05) is 38.9 Å². The average molecular weight is 1530 g/mol. The van der Waals surface area contributed by atoms with Gasteiger partial charge in [-0.3, -0.25) is 14.4 Å². The summed E-state index contributed by atoms with van der Waals surface area (Å²) >= 11 is 1.65. The maximum atomic E-state index is 12.8. The highest BCUT2D eigenvalue weighted by Gasteiger charge is 2.30. The SMILES string of the molecule is C.C=O.C=O.C=O.C=O.C=O.C=O.C=O.C=O.C=O.C=O.CC.CC(=O)N(C)[C@@H](Cc1ccccc1)C(=O)N[C@@H](C)C(=O)N1CCCCC1.CCC(C)C.CCC(C)C.CCC(C)C.CCC(C)C.CCc1ccccc1.CCc1ccccc1.CCc1cscn1.CN.CN.CN.CN.N.N.N.N.N. The van der Waals surface area contributed by atoms with E-state index < -0.39 is 12.1 Å². The van der Waals surface area contributed by atoms with Crippen molar-refractivity contribution in [2.45, 2.75) is 222 Å². The molecule has 0 aliphatic carbocycles. The lowest BCUT2D eigenvalue weighted by Crippen LogP contribution is -2.54. The number of amides is 3. The number of carbonyl (C=O) groups is 13. The Morgan fingerprint density at radius 1 is 0.448 bits per heavy atom. The van der Waals surface area contributed by atoms with Crippen LogP contribution in [-0.2, 0) is 88.0 Å². The van der Waals surface area contributed by atoms with E-state index in [4.69, 9.17) is 47.9 Å². The van der Waals surface area contributed by atoms with Gasteiger partial charge in [-0.25, -0.2) is 4.98 Å². The van der Waals surface area contributed by atoms with Gasteiger partial charge in [0.25, 0.3) is 0 Å². The smallest absolute Gasteiger partial charge is 0.244 e. The molecule has 2 heterocycles. The van der Waals surface area contributed by atoms with Crippen molar-refractivity contribution < 1.29 is 62.3 Å². The van der Waals surface area contributed by atoms with Gasteiger partial charge in [0.15, 0.2) is 0 Å². The van der Waals surface area contributed by atoms with Crippen LogP contribution in [0.3, 0.4) is 0 Å². The molecule has 1 saturated heterocycles. The molecule has 2 atom stereocenters. The monoisotopic (exact) mass is 1530 g/mol. The number of hydrogen-bond donors (Lipinski definition) is 10. The Morgan fingerprint density at radius 3 is 0.857 bits per heavy atom. The van der Waals surface area contributed by atoms with Crippen LogP contribution in [0.5, 0.6) is 0 Å². The zero-order chi connectivity index (χ0) is 83.0. The third-order valence-corrected chi connectivity index (χ3v) is 12.2. The quantitative estimate of drug-likeness (QED) is 0.0594. The number of carbonyl (C=O) groups excluding carboxylic acids is 13. The first-order chi connectivity index (χ1) is 47.8. The van der Waals surface area contributed by atoms with Crippen LogP contribution in [0.1, 0.15) is 206 Å². The highest BCUT2D eigenvalue weighted by molar-refractivity contribution is 7.07. The molecule has 1 aromatic heterocycles. The van der Waals surface area contributed by atoms with Crippen molar-refractivity contribution in [3.63, 3.8) is 0 Å². The molecule has 3 aromatic carbocycles. The van der Waals surface area contributed by atoms with E-state index >= 15 is 0 Å². The molecular formula is C78H169N13O13S.